The summed E-state index contributed by atoms with van der Waals surface area (Å²) in [7, 11) is 0. The molecule has 0 spiro atoms. The maximum atomic E-state index is 12.5. The third kappa shape index (κ3) is 5.21. The molecule has 0 aliphatic rings. The number of phenols is 1. The van der Waals surface area contributed by atoms with E-state index in [1.165, 1.54) is 0 Å². The van der Waals surface area contributed by atoms with E-state index in [1.807, 2.05) is 54.6 Å². The first-order chi connectivity index (χ1) is 13.7. The monoisotopic (exact) mass is 404 g/mol. The number of thiocarbonyl (C=S) groups is 1. The van der Waals surface area contributed by atoms with Gasteiger partial charge in [-0.05, 0) is 58.6 Å². The minimum Gasteiger partial charge on any atom is -0.506 e. The molecule has 3 aromatic carbocycles. The van der Waals surface area contributed by atoms with Crippen LogP contribution in [0, 0.1) is 0 Å². The maximum absolute atomic E-state index is 12.5. The van der Waals surface area contributed by atoms with E-state index in [-0.39, 0.29) is 22.2 Å². The van der Waals surface area contributed by atoms with Crippen LogP contribution >= 0.6 is 12.2 Å². The Morgan fingerprint density at radius 1 is 0.897 bits per heavy atom. The van der Waals surface area contributed by atoms with Crippen LogP contribution in [0.25, 0.3) is 11.1 Å². The third-order valence-electron chi connectivity index (χ3n) is 4.59. The van der Waals surface area contributed by atoms with E-state index in [0.717, 1.165) is 16.7 Å². The van der Waals surface area contributed by atoms with Crippen LogP contribution in [-0.2, 0) is 5.41 Å². The maximum Gasteiger partial charge on any atom is 0.257 e. The first kappa shape index (κ1) is 20.6. The molecule has 0 unspecified atom stereocenters. The summed E-state index contributed by atoms with van der Waals surface area (Å²) in [6, 6.07) is 22.6. The Morgan fingerprint density at radius 3 is 2.14 bits per heavy atom. The van der Waals surface area contributed by atoms with Gasteiger partial charge >= 0.3 is 0 Å². The summed E-state index contributed by atoms with van der Waals surface area (Å²) in [6.45, 7) is 6.26. The number of hydrogen-bond donors (Lipinski definition) is 3. The minimum absolute atomic E-state index is 0.0711. The van der Waals surface area contributed by atoms with E-state index < -0.39 is 0 Å². The van der Waals surface area contributed by atoms with Crippen LogP contribution in [-0.4, -0.2) is 16.1 Å². The second kappa shape index (κ2) is 8.45. The predicted molar refractivity (Wildman–Crippen MR) is 122 cm³/mol. The molecule has 0 radical (unpaired) electrons. The van der Waals surface area contributed by atoms with Gasteiger partial charge in [-0.25, -0.2) is 0 Å². The van der Waals surface area contributed by atoms with Gasteiger partial charge in [0.25, 0.3) is 5.91 Å². The van der Waals surface area contributed by atoms with E-state index >= 15 is 0 Å². The highest BCUT2D eigenvalue weighted by Crippen LogP contribution is 2.30. The Bertz CT molecular complexity index is 1020. The lowest BCUT2D eigenvalue weighted by molar-refractivity contribution is 0.0977. The van der Waals surface area contributed by atoms with Crippen LogP contribution in [0.2, 0.25) is 0 Å². The number of aromatic hydroxyl groups is 1. The summed E-state index contributed by atoms with van der Waals surface area (Å²) in [5.74, 6) is -0.240. The second-order valence-corrected chi connectivity index (χ2v) is 8.24. The molecule has 4 nitrogen and oxygen atoms in total. The van der Waals surface area contributed by atoms with Crippen molar-refractivity contribution in [2.24, 2.45) is 0 Å². The van der Waals surface area contributed by atoms with Crippen LogP contribution in [0.1, 0.15) is 36.7 Å². The lowest BCUT2D eigenvalue weighted by Crippen LogP contribution is -2.34. The number of nitrogens with one attached hydrogen (secondary N) is 2. The zero-order valence-corrected chi connectivity index (χ0v) is 17.5. The molecule has 0 heterocycles. The summed E-state index contributed by atoms with van der Waals surface area (Å²) in [5, 5.41) is 15.8. The van der Waals surface area contributed by atoms with Gasteiger partial charge in [0.15, 0.2) is 5.11 Å². The van der Waals surface area contributed by atoms with Crippen molar-refractivity contribution in [1.82, 2.24) is 5.32 Å². The molecule has 1 amide bonds. The lowest BCUT2D eigenvalue weighted by atomic mass is 9.87. The second-order valence-electron chi connectivity index (χ2n) is 7.83. The first-order valence-corrected chi connectivity index (χ1v) is 9.76. The van der Waals surface area contributed by atoms with Crippen LogP contribution in [0.15, 0.2) is 72.8 Å². The van der Waals surface area contributed by atoms with Gasteiger partial charge in [0, 0.05) is 5.56 Å². The smallest absolute Gasteiger partial charge is 0.257 e. The largest absolute Gasteiger partial charge is 0.506 e. The van der Waals surface area contributed by atoms with Crippen molar-refractivity contribution in [1.29, 1.82) is 0 Å². The molecule has 0 aromatic heterocycles. The van der Waals surface area contributed by atoms with E-state index in [4.69, 9.17) is 12.2 Å². The number of carbonyl (C=O) groups is 1. The summed E-state index contributed by atoms with van der Waals surface area (Å²) in [6.07, 6.45) is 0. The van der Waals surface area contributed by atoms with Crippen LogP contribution in [0.3, 0.4) is 0 Å². The topological polar surface area (TPSA) is 61.4 Å². The van der Waals surface area contributed by atoms with Crippen molar-refractivity contribution in [2.45, 2.75) is 26.2 Å². The van der Waals surface area contributed by atoms with Gasteiger partial charge in [0.05, 0.1) is 5.69 Å². The molecule has 0 fully saturated rings. The van der Waals surface area contributed by atoms with E-state index in [1.54, 1.807) is 18.2 Å². The molecule has 0 bridgehead atoms. The average Bonchev–Trinajstić information content (AvgIpc) is 2.69. The van der Waals surface area contributed by atoms with Crippen LogP contribution in [0.5, 0.6) is 5.75 Å². The van der Waals surface area contributed by atoms with E-state index in [2.05, 4.69) is 31.4 Å². The Labute approximate surface area is 176 Å². The molecule has 29 heavy (non-hydrogen) atoms. The summed E-state index contributed by atoms with van der Waals surface area (Å²) in [4.78, 5) is 12.5. The van der Waals surface area contributed by atoms with Gasteiger partial charge in [-0.3, -0.25) is 10.1 Å². The lowest BCUT2D eigenvalue weighted by Gasteiger charge is -2.21. The number of hydrogen-bond acceptors (Lipinski definition) is 3. The standard InChI is InChI=1S/C24H24N2O2S/c1-24(2,3)19-13-14-21(27)20(15-19)25-23(29)26-22(28)18-11-9-17(10-12-18)16-7-5-4-6-8-16/h4-15,27H,1-3H3,(H2,25,26,28,29). The zero-order valence-electron chi connectivity index (χ0n) is 16.7. The van der Waals surface area contributed by atoms with Crippen LogP contribution < -0.4 is 10.6 Å². The molecule has 5 heteroatoms. The molecular weight excluding hydrogens is 380 g/mol. The SMILES string of the molecule is CC(C)(C)c1ccc(O)c(NC(=S)NC(=O)c2ccc(-c3ccccc3)cc2)c1. The number of rotatable bonds is 3. The summed E-state index contributed by atoms with van der Waals surface area (Å²) in [5.41, 5.74) is 4.06. The summed E-state index contributed by atoms with van der Waals surface area (Å²) < 4.78 is 0. The van der Waals surface area contributed by atoms with E-state index in [0.29, 0.717) is 11.3 Å². The Kier molecular flexibility index (Phi) is 5.99. The highest BCUT2D eigenvalue weighted by atomic mass is 32.1. The minimum atomic E-state index is -0.312. The summed E-state index contributed by atoms with van der Waals surface area (Å²) >= 11 is 5.26. The Morgan fingerprint density at radius 2 is 1.52 bits per heavy atom. The molecule has 0 saturated heterocycles. The van der Waals surface area contributed by atoms with Gasteiger partial charge in [0.2, 0.25) is 0 Å². The molecule has 0 atom stereocenters. The quantitative estimate of drug-likeness (QED) is 0.399. The van der Waals surface area contributed by atoms with Crippen molar-refractivity contribution in [2.75, 3.05) is 5.32 Å². The third-order valence-corrected chi connectivity index (χ3v) is 4.80. The number of benzene rings is 3. The van der Waals surface area contributed by atoms with Gasteiger partial charge in [0.1, 0.15) is 5.75 Å². The fourth-order valence-corrected chi connectivity index (χ4v) is 3.08. The average molecular weight is 405 g/mol. The normalized spacial score (nSPS) is 11.0. The van der Waals surface area contributed by atoms with Gasteiger partial charge in [-0.15, -0.1) is 0 Å². The molecule has 0 aliphatic carbocycles. The molecule has 0 aliphatic heterocycles. The molecule has 0 saturated carbocycles. The van der Waals surface area contributed by atoms with Gasteiger partial charge in [-0.1, -0.05) is 69.3 Å². The van der Waals surface area contributed by atoms with Crippen molar-refractivity contribution < 1.29 is 9.90 Å². The number of anilines is 1. The molecule has 3 rings (SSSR count). The number of amides is 1. The van der Waals surface area contributed by atoms with E-state index in [9.17, 15) is 9.90 Å². The molecule has 3 N–H and O–H groups in total. The Balaban J connectivity index is 1.67. The fraction of sp³-hybridized carbons (Fsp3) is 0.167. The molecule has 148 valence electrons. The van der Waals surface area contributed by atoms with Crippen molar-refractivity contribution in [3.63, 3.8) is 0 Å². The predicted octanol–water partition coefficient (Wildman–Crippen LogP) is 5.48. The fourth-order valence-electron chi connectivity index (χ4n) is 2.88. The molecule has 3 aromatic rings. The van der Waals surface area contributed by atoms with Crippen molar-refractivity contribution in [3.05, 3.63) is 83.9 Å². The Hall–Kier alpha value is -3.18. The van der Waals surface area contributed by atoms with Gasteiger partial charge in [-0.2, -0.15) is 0 Å². The van der Waals surface area contributed by atoms with Crippen molar-refractivity contribution >= 4 is 28.9 Å². The highest BCUT2D eigenvalue weighted by Gasteiger charge is 2.16. The number of phenolic OH excluding ortho intramolecular Hbond substituents is 1. The van der Waals surface area contributed by atoms with Gasteiger partial charge < -0.3 is 10.4 Å². The van der Waals surface area contributed by atoms with Crippen LogP contribution in [0.4, 0.5) is 5.69 Å². The van der Waals surface area contributed by atoms with Crippen molar-refractivity contribution in [3.8, 4) is 16.9 Å². The number of carbonyl (C=O) groups excluding carboxylic acids is 1. The zero-order chi connectivity index (χ0) is 21.0. The highest BCUT2D eigenvalue weighted by molar-refractivity contribution is 7.80. The molecular formula is C24H24N2O2S. The first-order valence-electron chi connectivity index (χ1n) is 9.35.